The first kappa shape index (κ1) is 13.2. The number of imidazole rings is 1. The van der Waals surface area contributed by atoms with Crippen molar-refractivity contribution in [1.29, 1.82) is 0 Å². The van der Waals surface area contributed by atoms with Gasteiger partial charge in [-0.3, -0.25) is 0 Å². The van der Waals surface area contributed by atoms with Gasteiger partial charge in [-0.15, -0.1) is 23.1 Å². The van der Waals surface area contributed by atoms with Gasteiger partial charge in [0.1, 0.15) is 4.88 Å². The molecule has 0 fully saturated rings. The smallest absolute Gasteiger partial charge is 0.345 e. The van der Waals surface area contributed by atoms with Gasteiger partial charge in [-0.25, -0.2) is 9.78 Å². The Hall–Kier alpha value is -1.27. The molecule has 4 nitrogen and oxygen atoms in total. The van der Waals surface area contributed by atoms with Crippen molar-refractivity contribution >= 4 is 29.1 Å². The van der Waals surface area contributed by atoms with Gasteiger partial charge < -0.3 is 9.67 Å². The van der Waals surface area contributed by atoms with Crippen molar-refractivity contribution in [2.45, 2.75) is 30.5 Å². The number of aromatic carboxylic acids is 1. The first-order valence-electron chi connectivity index (χ1n) is 5.64. The number of rotatable bonds is 6. The molecule has 2 aromatic rings. The molecule has 0 aliphatic heterocycles. The van der Waals surface area contributed by atoms with Gasteiger partial charge >= 0.3 is 5.97 Å². The van der Waals surface area contributed by atoms with Crippen LogP contribution in [0.15, 0.2) is 28.9 Å². The fourth-order valence-corrected chi connectivity index (χ4v) is 3.43. The van der Waals surface area contributed by atoms with Crippen LogP contribution in [0.2, 0.25) is 0 Å². The Labute approximate surface area is 114 Å². The van der Waals surface area contributed by atoms with Crippen molar-refractivity contribution in [3.63, 3.8) is 0 Å². The van der Waals surface area contributed by atoms with Gasteiger partial charge in [0.05, 0.1) is 6.33 Å². The van der Waals surface area contributed by atoms with Gasteiger partial charge in [-0.2, -0.15) is 0 Å². The molecular weight excluding hydrogens is 268 g/mol. The van der Waals surface area contributed by atoms with E-state index in [1.165, 1.54) is 17.0 Å². The summed E-state index contributed by atoms with van der Waals surface area (Å²) in [4.78, 5) is 16.3. The Morgan fingerprint density at radius 2 is 2.44 bits per heavy atom. The van der Waals surface area contributed by atoms with Gasteiger partial charge in [0, 0.05) is 34.5 Å². The first-order valence-corrected chi connectivity index (χ1v) is 7.51. The molecule has 2 rings (SSSR count). The molecule has 0 aliphatic carbocycles. The minimum atomic E-state index is -0.858. The van der Waals surface area contributed by atoms with Crippen molar-refractivity contribution < 1.29 is 9.90 Å². The topological polar surface area (TPSA) is 55.1 Å². The van der Waals surface area contributed by atoms with Gasteiger partial charge in [0.25, 0.3) is 0 Å². The van der Waals surface area contributed by atoms with E-state index in [-0.39, 0.29) is 0 Å². The van der Waals surface area contributed by atoms with Crippen LogP contribution in [-0.2, 0) is 12.3 Å². The average Bonchev–Trinajstić information content (AvgIpc) is 2.95. The van der Waals surface area contributed by atoms with Crippen LogP contribution >= 0.6 is 23.1 Å². The quantitative estimate of drug-likeness (QED) is 0.826. The number of carboxylic acid groups (broad SMARTS) is 1. The second kappa shape index (κ2) is 6.06. The van der Waals surface area contributed by atoms with Crippen molar-refractivity contribution in [1.82, 2.24) is 9.55 Å². The molecular formula is C12H14N2O2S2. The molecule has 0 spiro atoms. The maximum Gasteiger partial charge on any atom is 0.345 e. The van der Waals surface area contributed by atoms with E-state index in [0.717, 1.165) is 23.6 Å². The number of thiophene rings is 1. The van der Waals surface area contributed by atoms with Crippen LogP contribution in [0.25, 0.3) is 0 Å². The van der Waals surface area contributed by atoms with E-state index in [4.69, 9.17) is 5.11 Å². The lowest BCUT2D eigenvalue weighted by Gasteiger charge is -2.05. The molecule has 0 aromatic carbocycles. The highest BCUT2D eigenvalue weighted by Crippen LogP contribution is 2.27. The summed E-state index contributed by atoms with van der Waals surface area (Å²) in [6.45, 7) is 3.11. The van der Waals surface area contributed by atoms with Crippen LogP contribution in [0.3, 0.4) is 0 Å². The predicted octanol–water partition coefficient (Wildman–Crippen LogP) is 3.35. The molecule has 2 heterocycles. The molecule has 0 amide bonds. The monoisotopic (exact) mass is 282 g/mol. The lowest BCUT2D eigenvalue weighted by molar-refractivity contribution is 0.0702. The van der Waals surface area contributed by atoms with Gasteiger partial charge in [0.15, 0.2) is 0 Å². The van der Waals surface area contributed by atoms with E-state index in [1.54, 1.807) is 17.8 Å². The largest absolute Gasteiger partial charge is 0.477 e. The lowest BCUT2D eigenvalue weighted by Crippen LogP contribution is -1.99. The predicted molar refractivity (Wildman–Crippen MR) is 73.4 cm³/mol. The van der Waals surface area contributed by atoms with Crippen molar-refractivity contribution in [2.24, 2.45) is 0 Å². The van der Waals surface area contributed by atoms with Crippen LogP contribution < -0.4 is 0 Å². The number of aromatic nitrogens is 2. The van der Waals surface area contributed by atoms with Gasteiger partial charge in [-0.05, 0) is 12.5 Å². The highest BCUT2D eigenvalue weighted by atomic mass is 32.2. The number of nitrogens with zero attached hydrogens (tertiary/aromatic N) is 2. The summed E-state index contributed by atoms with van der Waals surface area (Å²) in [7, 11) is 0. The van der Waals surface area contributed by atoms with Crippen LogP contribution in [0.5, 0.6) is 0 Å². The number of hydrogen-bond acceptors (Lipinski definition) is 4. The highest BCUT2D eigenvalue weighted by Gasteiger charge is 2.08. The molecule has 6 heteroatoms. The fourth-order valence-electron chi connectivity index (χ4n) is 1.57. The molecule has 0 aliphatic rings. The number of carbonyl (C=O) groups is 1. The highest BCUT2D eigenvalue weighted by molar-refractivity contribution is 7.98. The molecule has 0 saturated carbocycles. The summed E-state index contributed by atoms with van der Waals surface area (Å²) in [5.74, 6) is -0.0432. The fraction of sp³-hybridized carbons (Fsp3) is 0.333. The molecule has 0 atom stereocenters. The van der Waals surface area contributed by atoms with E-state index in [9.17, 15) is 4.79 Å². The van der Waals surface area contributed by atoms with Crippen molar-refractivity contribution in [3.05, 3.63) is 34.5 Å². The zero-order chi connectivity index (χ0) is 13.0. The molecule has 0 saturated heterocycles. The molecule has 0 unspecified atom stereocenters. The third-order valence-electron chi connectivity index (χ3n) is 2.44. The van der Waals surface area contributed by atoms with Crippen LogP contribution in [-0.4, -0.2) is 20.6 Å². The van der Waals surface area contributed by atoms with E-state index in [2.05, 4.69) is 16.5 Å². The summed E-state index contributed by atoms with van der Waals surface area (Å²) in [6.07, 6.45) is 4.79. The number of hydrogen-bond donors (Lipinski definition) is 1. The summed E-state index contributed by atoms with van der Waals surface area (Å²) in [5.41, 5.74) is 1.17. The maximum absolute atomic E-state index is 10.8. The summed E-state index contributed by atoms with van der Waals surface area (Å²) in [5, 5.41) is 10.7. The van der Waals surface area contributed by atoms with E-state index >= 15 is 0 Å². The van der Waals surface area contributed by atoms with Crippen LogP contribution in [0.4, 0.5) is 0 Å². The zero-order valence-corrected chi connectivity index (χ0v) is 11.6. The molecule has 0 bridgehead atoms. The Morgan fingerprint density at radius 1 is 1.61 bits per heavy atom. The van der Waals surface area contributed by atoms with Crippen molar-refractivity contribution in [2.75, 3.05) is 0 Å². The summed E-state index contributed by atoms with van der Waals surface area (Å²) < 4.78 is 2.14. The Kier molecular flexibility index (Phi) is 4.43. The Morgan fingerprint density at radius 3 is 3.11 bits per heavy atom. The van der Waals surface area contributed by atoms with E-state index < -0.39 is 5.97 Å². The van der Waals surface area contributed by atoms with Crippen LogP contribution in [0.1, 0.15) is 28.7 Å². The average molecular weight is 282 g/mol. The second-order valence-corrected chi connectivity index (χ2v) is 5.78. The molecule has 18 heavy (non-hydrogen) atoms. The second-order valence-electron chi connectivity index (χ2n) is 3.82. The minimum absolute atomic E-state index is 0.388. The third-order valence-corrected chi connectivity index (χ3v) is 4.51. The lowest BCUT2D eigenvalue weighted by atomic mass is 10.4. The number of thioether (sulfide) groups is 1. The number of carboxylic acids is 1. The number of aryl methyl sites for hydroxylation is 1. The maximum atomic E-state index is 10.8. The standard InChI is InChI=1S/C12H14N2O2S2/c1-2-3-14-8-13-5-9(14)6-17-10-4-11(12(15)16)18-7-10/h4-5,7-8H,2-3,6H2,1H3,(H,15,16). The van der Waals surface area contributed by atoms with Crippen LogP contribution in [0, 0.1) is 0 Å². The molecule has 2 aromatic heterocycles. The third kappa shape index (κ3) is 3.14. The first-order chi connectivity index (χ1) is 8.70. The Bertz CT molecular complexity index is 534. The van der Waals surface area contributed by atoms with Crippen molar-refractivity contribution in [3.8, 4) is 0 Å². The summed E-state index contributed by atoms with van der Waals surface area (Å²) in [6, 6.07) is 1.72. The molecule has 1 N–H and O–H groups in total. The zero-order valence-electron chi connectivity index (χ0n) is 10.00. The SMILES string of the molecule is CCCn1cncc1CSc1csc(C(=O)O)c1. The molecule has 96 valence electrons. The van der Waals surface area contributed by atoms with E-state index in [1.807, 2.05) is 17.9 Å². The summed E-state index contributed by atoms with van der Waals surface area (Å²) >= 11 is 2.91. The normalized spacial score (nSPS) is 10.7. The van der Waals surface area contributed by atoms with Gasteiger partial charge in [0.2, 0.25) is 0 Å². The molecule has 0 radical (unpaired) electrons. The van der Waals surface area contributed by atoms with E-state index in [0.29, 0.717) is 4.88 Å². The minimum Gasteiger partial charge on any atom is -0.477 e. The Balaban J connectivity index is 1.97. The van der Waals surface area contributed by atoms with Gasteiger partial charge in [-0.1, -0.05) is 6.92 Å².